The summed E-state index contributed by atoms with van der Waals surface area (Å²) in [5.74, 6) is -1.72. The Labute approximate surface area is 351 Å². The largest absolute Gasteiger partial charge is 0.494 e. The average molecular weight is 852 g/mol. The molecule has 325 valence electrons. The zero-order valence-corrected chi connectivity index (χ0v) is 33.9. The molecular weight excluding hydrogens is 803 g/mol. The second-order valence-electron chi connectivity index (χ2n) is 14.5. The fourth-order valence-electron chi connectivity index (χ4n) is 6.32. The Balaban J connectivity index is 1.03. The third-order valence-electron chi connectivity index (χ3n) is 9.72. The Morgan fingerprint density at radius 1 is 0.574 bits per heavy atom. The van der Waals surface area contributed by atoms with Gasteiger partial charge in [0.05, 0.1) is 40.5 Å². The Kier molecular flexibility index (Phi) is 17.1. The van der Waals surface area contributed by atoms with Gasteiger partial charge in [0.15, 0.2) is 0 Å². The summed E-state index contributed by atoms with van der Waals surface area (Å²) < 4.78 is 91.5. The van der Waals surface area contributed by atoms with Gasteiger partial charge in [-0.2, -0.15) is 46.6 Å². The van der Waals surface area contributed by atoms with Crippen molar-refractivity contribution >= 4 is 40.6 Å². The molecule has 1 radical (unpaired) electrons. The van der Waals surface area contributed by atoms with E-state index in [1.165, 1.54) is 113 Å². The minimum Gasteiger partial charge on any atom is -0.494 e. The normalized spacial score (nSPS) is 13.4. The molecular formula is C45H49F6N6O4. The number of amides is 2. The topological polar surface area (TPSA) is 110 Å². The highest BCUT2D eigenvalue weighted by atomic mass is 19.4. The number of nitrogens with zero attached hydrogens (tertiary/aromatic N) is 6. The van der Waals surface area contributed by atoms with E-state index >= 15 is 0 Å². The van der Waals surface area contributed by atoms with Crippen LogP contribution in [0.15, 0.2) is 112 Å². The van der Waals surface area contributed by atoms with Crippen molar-refractivity contribution < 1.29 is 45.4 Å². The number of alkyl halides is 6. The maximum Gasteiger partial charge on any atom is 0.455 e. The van der Waals surface area contributed by atoms with Gasteiger partial charge in [0.1, 0.15) is 11.5 Å². The smallest absolute Gasteiger partial charge is 0.455 e. The number of unbranched alkanes of at least 4 members (excludes halogenated alkanes) is 13. The van der Waals surface area contributed by atoms with Crippen LogP contribution in [0, 0.1) is 0 Å². The minimum atomic E-state index is -5.11. The van der Waals surface area contributed by atoms with E-state index < -0.39 is 35.8 Å². The lowest BCUT2D eigenvalue weighted by Crippen LogP contribution is -2.55. The molecule has 0 aliphatic carbocycles. The molecule has 16 heteroatoms. The molecule has 0 N–H and O–H groups in total. The van der Waals surface area contributed by atoms with Gasteiger partial charge in [0.25, 0.3) is 5.84 Å². The number of anilines is 2. The molecule has 4 aromatic carbocycles. The van der Waals surface area contributed by atoms with Crippen molar-refractivity contribution in [2.45, 2.75) is 109 Å². The van der Waals surface area contributed by atoms with Crippen LogP contribution < -0.4 is 24.9 Å². The zero-order valence-electron chi connectivity index (χ0n) is 33.9. The van der Waals surface area contributed by atoms with Crippen molar-refractivity contribution in [1.82, 2.24) is 5.43 Å². The Hall–Kier alpha value is -5.93. The molecule has 1 aliphatic heterocycles. The molecule has 10 nitrogen and oxygen atoms in total. The van der Waals surface area contributed by atoms with Crippen LogP contribution in [0.5, 0.6) is 11.5 Å². The first-order chi connectivity index (χ1) is 29.3. The molecule has 0 fully saturated rings. The van der Waals surface area contributed by atoms with E-state index in [2.05, 4.69) is 27.7 Å². The lowest BCUT2D eigenvalue weighted by atomic mass is 10.0. The van der Waals surface area contributed by atoms with Crippen LogP contribution in [-0.4, -0.2) is 30.6 Å². The summed E-state index contributed by atoms with van der Waals surface area (Å²) in [5, 5.41) is 12.4. The van der Waals surface area contributed by atoms with Crippen LogP contribution in [0.1, 0.15) is 113 Å². The van der Waals surface area contributed by atoms with Gasteiger partial charge in [0, 0.05) is 0 Å². The third kappa shape index (κ3) is 14.6. The van der Waals surface area contributed by atoms with Crippen molar-refractivity contribution in [2.75, 3.05) is 16.6 Å². The fourth-order valence-corrected chi connectivity index (χ4v) is 6.32. The van der Waals surface area contributed by atoms with Crippen LogP contribution in [0.3, 0.4) is 0 Å². The van der Waals surface area contributed by atoms with Crippen LogP contribution in [-0.2, 0) is 6.18 Å². The van der Waals surface area contributed by atoms with Crippen molar-refractivity contribution in [3.8, 4) is 11.5 Å². The fraction of sp³-hybridized carbons (Fsp3) is 0.400. The number of halogens is 6. The van der Waals surface area contributed by atoms with Crippen molar-refractivity contribution in [2.24, 2.45) is 15.3 Å². The van der Waals surface area contributed by atoms with Gasteiger partial charge in [-0.25, -0.2) is 9.59 Å². The first kappa shape index (κ1) is 46.1. The molecule has 0 saturated carbocycles. The molecule has 2 amide bonds. The lowest BCUT2D eigenvalue weighted by Gasteiger charge is -2.32. The summed E-state index contributed by atoms with van der Waals surface area (Å²) in [6.45, 7) is 2.91. The number of azo groups is 1. The van der Waals surface area contributed by atoms with E-state index in [4.69, 9.17) is 9.47 Å². The number of hydrogen-bond donors (Lipinski definition) is 0. The van der Waals surface area contributed by atoms with Crippen LogP contribution in [0.4, 0.5) is 53.9 Å². The highest BCUT2D eigenvalue weighted by Gasteiger charge is 2.45. The highest BCUT2D eigenvalue weighted by Crippen LogP contribution is 2.33. The zero-order chi connectivity index (χ0) is 43.7. The molecule has 0 bridgehead atoms. The summed E-state index contributed by atoms with van der Waals surface area (Å²) >= 11 is 0. The van der Waals surface area contributed by atoms with Crippen LogP contribution >= 0.6 is 0 Å². The first-order valence-corrected chi connectivity index (χ1v) is 20.6. The average Bonchev–Trinajstić information content (AvgIpc) is 3.24. The molecule has 0 aromatic heterocycles. The van der Waals surface area contributed by atoms with Crippen molar-refractivity contribution in [3.63, 3.8) is 0 Å². The van der Waals surface area contributed by atoms with Gasteiger partial charge < -0.3 is 9.47 Å². The standard InChI is InChI=1S/C45H49F6N6O4/c1-2-3-4-5-6-7-8-9-10-11-12-13-14-15-32-60-39-28-22-36(23-29-39)53-52-35-20-16-33(17-21-35)41(58)61-40-30-26-38(27-31-40)57-43(59)56(54-42(55-57)45(49,50)51)37-24-18-34(19-25-37)44(46,47)48/h16-31H,2-15,32H2,1H3. The number of rotatable bonds is 22. The van der Waals surface area contributed by atoms with Gasteiger partial charge >= 0.3 is 24.4 Å². The van der Waals surface area contributed by atoms with E-state index in [1.807, 2.05) is 12.1 Å². The van der Waals surface area contributed by atoms with Crippen LogP contribution in [0.25, 0.3) is 0 Å². The molecule has 0 saturated heterocycles. The summed E-state index contributed by atoms with van der Waals surface area (Å²) in [4.78, 5) is 26.0. The lowest BCUT2D eigenvalue weighted by molar-refractivity contribution is -0.137. The van der Waals surface area contributed by atoms with E-state index in [0.29, 0.717) is 40.1 Å². The summed E-state index contributed by atoms with van der Waals surface area (Å²) in [6, 6.07) is 19.9. The van der Waals surface area contributed by atoms with E-state index in [9.17, 15) is 35.9 Å². The molecule has 1 aliphatic rings. The first-order valence-electron chi connectivity index (χ1n) is 20.6. The number of hydrazone groups is 1. The van der Waals surface area contributed by atoms with Crippen molar-refractivity contribution in [1.29, 1.82) is 0 Å². The van der Waals surface area contributed by atoms with Gasteiger partial charge in [-0.15, -0.1) is 10.5 Å². The van der Waals surface area contributed by atoms with Gasteiger partial charge in [-0.1, -0.05) is 90.4 Å². The van der Waals surface area contributed by atoms with E-state index in [-0.39, 0.29) is 22.7 Å². The summed E-state index contributed by atoms with van der Waals surface area (Å²) in [6.07, 6.45) is 8.43. The molecule has 61 heavy (non-hydrogen) atoms. The quantitative estimate of drug-likeness (QED) is 0.0258. The third-order valence-corrected chi connectivity index (χ3v) is 9.72. The van der Waals surface area contributed by atoms with E-state index in [0.717, 1.165) is 30.7 Å². The second kappa shape index (κ2) is 22.6. The number of benzene rings is 4. The van der Waals surface area contributed by atoms with Gasteiger partial charge in [-0.05, 0) is 103 Å². The van der Waals surface area contributed by atoms with Gasteiger partial charge in [0.2, 0.25) is 0 Å². The molecule has 0 spiro atoms. The predicted molar refractivity (Wildman–Crippen MR) is 222 cm³/mol. The number of carbonyl (C=O) groups excluding carboxylic acids is 2. The van der Waals surface area contributed by atoms with Crippen LogP contribution in [0.2, 0.25) is 0 Å². The monoisotopic (exact) mass is 851 g/mol. The maximum atomic E-state index is 13.7. The van der Waals surface area contributed by atoms with Gasteiger partial charge in [-0.3, -0.25) is 0 Å². The number of hydrogen-bond acceptors (Lipinski definition) is 7. The number of esters is 1. The van der Waals surface area contributed by atoms with E-state index in [1.54, 1.807) is 24.3 Å². The molecule has 5 rings (SSSR count). The number of amidine groups is 1. The summed E-state index contributed by atoms with van der Waals surface area (Å²) in [5.41, 5.74) is 2.97. The highest BCUT2D eigenvalue weighted by molar-refractivity contribution is 6.10. The minimum absolute atomic E-state index is 0.00158. The number of ether oxygens (including phenoxy) is 2. The molecule has 4 aromatic rings. The SMILES string of the molecule is CCCCCCCCCCCCCCCCOc1ccc(N=Nc2ccc(C(=O)Oc3ccc(N4[N]C(C(F)(F)F)=NN(c5ccc(C(F)(F)F)cc5)C4=O)cc3)cc2)cc1. The summed E-state index contributed by atoms with van der Waals surface area (Å²) in [7, 11) is 0. The molecule has 0 unspecified atom stereocenters. The molecule has 1 heterocycles. The predicted octanol–water partition coefficient (Wildman–Crippen LogP) is 14.0. The number of urea groups is 1. The Morgan fingerprint density at radius 2 is 1.03 bits per heavy atom. The second-order valence-corrected chi connectivity index (χ2v) is 14.5. The maximum absolute atomic E-state index is 13.7. The number of carbonyl (C=O) groups is 2. The van der Waals surface area contributed by atoms with Crippen molar-refractivity contribution in [3.05, 3.63) is 108 Å². The Morgan fingerprint density at radius 3 is 1.54 bits per heavy atom. The Bertz CT molecular complexity index is 2040. The molecule has 0 atom stereocenters.